The van der Waals surface area contributed by atoms with E-state index < -0.39 is 5.92 Å². The van der Waals surface area contributed by atoms with Crippen LogP contribution in [0.5, 0.6) is 0 Å². The summed E-state index contributed by atoms with van der Waals surface area (Å²) < 4.78 is 0. The number of rotatable bonds is 3. The topological polar surface area (TPSA) is 45.6 Å². The first-order valence-corrected chi connectivity index (χ1v) is 7.77. The first kappa shape index (κ1) is 16.9. The molecule has 3 aromatic rings. The minimum Gasteiger partial charge on any atom is -0.271 e. The van der Waals surface area contributed by atoms with E-state index in [0.29, 0.717) is 0 Å². The molecule has 4 rings (SSSR count). The van der Waals surface area contributed by atoms with Gasteiger partial charge in [-0.1, -0.05) is 48.5 Å². The van der Waals surface area contributed by atoms with E-state index in [1.54, 1.807) is 12.4 Å². The van der Waals surface area contributed by atoms with E-state index in [0.717, 1.165) is 22.5 Å². The van der Waals surface area contributed by atoms with Crippen molar-refractivity contribution in [2.24, 2.45) is 5.10 Å². The molecule has 5 heteroatoms. The molecule has 124 valence electrons. The maximum Gasteiger partial charge on any atom is 0.261 e. The van der Waals surface area contributed by atoms with Crippen LogP contribution in [0, 0.1) is 0 Å². The number of carbonyl (C=O) groups is 1. The molecule has 0 fully saturated rings. The van der Waals surface area contributed by atoms with Crippen LogP contribution in [-0.2, 0) is 4.79 Å². The molecule has 2 aromatic carbocycles. The number of hydrazone groups is 1. The van der Waals surface area contributed by atoms with Crippen molar-refractivity contribution in [2.45, 2.75) is 5.92 Å². The quantitative estimate of drug-likeness (QED) is 0.716. The summed E-state index contributed by atoms with van der Waals surface area (Å²) in [6.07, 6.45) is 3.44. The summed E-state index contributed by atoms with van der Waals surface area (Å²) in [7, 11) is 0. The molecular formula is C20H16ClN3O. The molecule has 0 bridgehead atoms. The van der Waals surface area contributed by atoms with Crippen LogP contribution >= 0.6 is 12.4 Å². The lowest BCUT2D eigenvalue weighted by atomic mass is 9.90. The zero-order valence-corrected chi connectivity index (χ0v) is 14.1. The second kappa shape index (κ2) is 7.28. The van der Waals surface area contributed by atoms with E-state index in [4.69, 9.17) is 0 Å². The van der Waals surface area contributed by atoms with Crippen LogP contribution in [0.15, 0.2) is 90.3 Å². The highest BCUT2D eigenvalue weighted by Crippen LogP contribution is 2.32. The molecule has 0 N–H and O–H groups in total. The van der Waals surface area contributed by atoms with E-state index in [2.05, 4.69) is 10.1 Å². The van der Waals surface area contributed by atoms with Gasteiger partial charge in [-0.2, -0.15) is 10.1 Å². The second-order valence-electron chi connectivity index (χ2n) is 5.55. The lowest BCUT2D eigenvalue weighted by molar-refractivity contribution is -0.118. The Hall–Kier alpha value is -2.98. The maximum atomic E-state index is 13.1. The van der Waals surface area contributed by atoms with Gasteiger partial charge in [0.05, 0.1) is 11.4 Å². The Bertz CT molecular complexity index is 883. The minimum absolute atomic E-state index is 0. The SMILES string of the molecule is Cl.O=C1C(c2ccccc2)C(c2ccncc2)=NN1c1ccccc1. The number of para-hydroxylation sites is 1. The highest BCUT2D eigenvalue weighted by Gasteiger charge is 2.38. The van der Waals surface area contributed by atoms with Gasteiger partial charge in [0.15, 0.2) is 0 Å². The summed E-state index contributed by atoms with van der Waals surface area (Å²) in [5.41, 5.74) is 3.37. The zero-order chi connectivity index (χ0) is 16.4. The average Bonchev–Trinajstić information content (AvgIpc) is 3.01. The van der Waals surface area contributed by atoms with Crippen molar-refractivity contribution in [1.29, 1.82) is 0 Å². The number of amides is 1. The maximum absolute atomic E-state index is 13.1. The number of nitrogens with zero attached hydrogens (tertiary/aromatic N) is 3. The minimum atomic E-state index is -0.409. The third kappa shape index (κ3) is 3.16. The Labute approximate surface area is 152 Å². The van der Waals surface area contributed by atoms with Gasteiger partial charge in [0.1, 0.15) is 5.92 Å². The number of anilines is 1. The van der Waals surface area contributed by atoms with Gasteiger partial charge in [-0.05, 0) is 29.8 Å². The fourth-order valence-corrected chi connectivity index (χ4v) is 2.90. The van der Waals surface area contributed by atoms with Crippen molar-refractivity contribution in [3.63, 3.8) is 0 Å². The monoisotopic (exact) mass is 349 g/mol. The molecule has 1 unspecified atom stereocenters. The molecule has 0 spiro atoms. The number of halogens is 1. The fraction of sp³-hybridized carbons (Fsp3) is 0.0500. The third-order valence-corrected chi connectivity index (χ3v) is 4.05. The molecule has 25 heavy (non-hydrogen) atoms. The summed E-state index contributed by atoms with van der Waals surface area (Å²) in [6, 6.07) is 23.0. The molecule has 0 radical (unpaired) electrons. The van der Waals surface area contributed by atoms with Crippen molar-refractivity contribution in [3.8, 4) is 0 Å². The number of aromatic nitrogens is 1. The van der Waals surface area contributed by atoms with Gasteiger partial charge in [0.25, 0.3) is 5.91 Å². The van der Waals surface area contributed by atoms with Crippen LogP contribution in [0.2, 0.25) is 0 Å². The van der Waals surface area contributed by atoms with E-state index in [-0.39, 0.29) is 18.3 Å². The van der Waals surface area contributed by atoms with Gasteiger partial charge in [-0.25, -0.2) is 0 Å². The molecule has 1 amide bonds. The zero-order valence-electron chi connectivity index (χ0n) is 13.3. The van der Waals surface area contributed by atoms with Crippen LogP contribution in [-0.4, -0.2) is 16.6 Å². The van der Waals surface area contributed by atoms with E-state index in [1.165, 1.54) is 5.01 Å². The number of hydrogen-bond donors (Lipinski definition) is 0. The Morgan fingerprint density at radius 2 is 1.40 bits per heavy atom. The van der Waals surface area contributed by atoms with Gasteiger partial charge in [-0.15, -0.1) is 12.4 Å². The van der Waals surface area contributed by atoms with Crippen molar-refractivity contribution < 1.29 is 4.79 Å². The fourth-order valence-electron chi connectivity index (χ4n) is 2.90. The lowest BCUT2D eigenvalue weighted by Gasteiger charge is -2.14. The molecular weight excluding hydrogens is 334 g/mol. The summed E-state index contributed by atoms with van der Waals surface area (Å²) >= 11 is 0. The Balaban J connectivity index is 0.00000182. The van der Waals surface area contributed by atoms with Crippen LogP contribution in [0.1, 0.15) is 17.0 Å². The second-order valence-corrected chi connectivity index (χ2v) is 5.55. The smallest absolute Gasteiger partial charge is 0.261 e. The van der Waals surface area contributed by atoms with Gasteiger partial charge in [0, 0.05) is 18.0 Å². The number of pyridine rings is 1. The highest BCUT2D eigenvalue weighted by molar-refractivity contribution is 6.25. The molecule has 1 aliphatic heterocycles. The highest BCUT2D eigenvalue weighted by atomic mass is 35.5. The van der Waals surface area contributed by atoms with Crippen LogP contribution in [0.25, 0.3) is 0 Å². The van der Waals surface area contributed by atoms with Crippen molar-refractivity contribution in [3.05, 3.63) is 96.3 Å². The first-order chi connectivity index (χ1) is 11.8. The predicted molar refractivity (Wildman–Crippen MR) is 101 cm³/mol. The van der Waals surface area contributed by atoms with Crippen molar-refractivity contribution >= 4 is 29.7 Å². The number of benzene rings is 2. The number of carbonyl (C=O) groups excluding carboxylic acids is 1. The third-order valence-electron chi connectivity index (χ3n) is 4.05. The first-order valence-electron chi connectivity index (χ1n) is 7.77. The van der Waals surface area contributed by atoms with Crippen LogP contribution < -0.4 is 5.01 Å². The molecule has 2 heterocycles. The van der Waals surface area contributed by atoms with Crippen LogP contribution in [0.4, 0.5) is 5.69 Å². The molecule has 1 atom stereocenters. The van der Waals surface area contributed by atoms with Gasteiger partial charge >= 0.3 is 0 Å². The van der Waals surface area contributed by atoms with Gasteiger partial charge < -0.3 is 0 Å². The average molecular weight is 350 g/mol. The standard InChI is InChI=1S/C20H15N3O.ClH/c24-20-18(15-7-3-1-4-8-15)19(16-11-13-21-14-12-16)22-23(20)17-9-5-2-6-10-17;/h1-14,18H;1H. The van der Waals surface area contributed by atoms with Crippen molar-refractivity contribution in [1.82, 2.24) is 4.98 Å². The lowest BCUT2D eigenvalue weighted by Crippen LogP contribution is -2.26. The Morgan fingerprint density at radius 3 is 2.04 bits per heavy atom. The van der Waals surface area contributed by atoms with Gasteiger partial charge in [-0.3, -0.25) is 9.78 Å². The molecule has 0 saturated heterocycles. The summed E-state index contributed by atoms with van der Waals surface area (Å²) in [6.45, 7) is 0. The van der Waals surface area contributed by atoms with E-state index in [1.807, 2.05) is 72.8 Å². The molecule has 1 aliphatic rings. The summed E-state index contributed by atoms with van der Waals surface area (Å²) in [5, 5.41) is 6.13. The Morgan fingerprint density at radius 1 is 0.800 bits per heavy atom. The molecule has 0 aliphatic carbocycles. The molecule has 0 saturated carbocycles. The summed E-state index contributed by atoms with van der Waals surface area (Å²) in [5.74, 6) is -0.451. The normalized spacial score (nSPS) is 16.3. The van der Waals surface area contributed by atoms with E-state index >= 15 is 0 Å². The summed E-state index contributed by atoms with van der Waals surface area (Å²) in [4.78, 5) is 17.1. The molecule has 4 nitrogen and oxygen atoms in total. The predicted octanol–water partition coefficient (Wildman–Crippen LogP) is 4.04. The van der Waals surface area contributed by atoms with Gasteiger partial charge in [0.2, 0.25) is 0 Å². The molecule has 1 aromatic heterocycles. The largest absolute Gasteiger partial charge is 0.271 e. The Kier molecular flexibility index (Phi) is 4.91. The van der Waals surface area contributed by atoms with Crippen molar-refractivity contribution in [2.75, 3.05) is 5.01 Å². The van der Waals surface area contributed by atoms with E-state index in [9.17, 15) is 4.79 Å². The number of hydrogen-bond acceptors (Lipinski definition) is 3. The van der Waals surface area contributed by atoms with Crippen LogP contribution in [0.3, 0.4) is 0 Å².